The van der Waals surface area contributed by atoms with Gasteiger partial charge in [-0.05, 0) is 55.0 Å². The van der Waals surface area contributed by atoms with Gasteiger partial charge in [0.15, 0.2) is 0 Å². The number of carbonyl (C=O) groups excluding carboxylic acids is 1. The first kappa shape index (κ1) is 25.7. The molecule has 7 nitrogen and oxygen atoms in total. The summed E-state index contributed by atoms with van der Waals surface area (Å²) >= 11 is 6.02. The number of hydrogen-bond donors (Lipinski definition) is 2. The van der Waals surface area contributed by atoms with E-state index >= 15 is 0 Å². The Balaban J connectivity index is 1.79. The van der Waals surface area contributed by atoms with Crippen LogP contribution < -0.4 is 10.0 Å². The number of anilines is 1. The summed E-state index contributed by atoms with van der Waals surface area (Å²) in [5.41, 5.74) is 2.54. The minimum absolute atomic E-state index is 0.166. The minimum Gasteiger partial charge on any atom is -0.350 e. The van der Waals surface area contributed by atoms with Gasteiger partial charge in [0.25, 0.3) is 0 Å². The summed E-state index contributed by atoms with van der Waals surface area (Å²) in [7, 11) is -3.61. The molecule has 0 bridgehead atoms. The van der Waals surface area contributed by atoms with Gasteiger partial charge >= 0.3 is 0 Å². The summed E-state index contributed by atoms with van der Waals surface area (Å²) in [5.74, 6) is -1.71. The largest absolute Gasteiger partial charge is 0.350 e. The van der Waals surface area contributed by atoms with Crippen LogP contribution in [0.3, 0.4) is 0 Å². The zero-order valence-electron chi connectivity index (χ0n) is 19.7. The number of carbonyl (C=O) groups is 1. The quantitative estimate of drug-likeness (QED) is 0.483. The molecule has 0 saturated heterocycles. The highest BCUT2D eigenvalue weighted by atomic mass is 35.5. The fourth-order valence-corrected chi connectivity index (χ4v) is 3.97. The molecule has 1 amide bonds. The summed E-state index contributed by atoms with van der Waals surface area (Å²) in [6, 6.07) is 13.2. The first-order valence-electron chi connectivity index (χ1n) is 10.6. The van der Waals surface area contributed by atoms with Gasteiger partial charge in [-0.3, -0.25) is 9.52 Å². The number of benzene rings is 2. The molecule has 0 aliphatic heterocycles. The molecule has 10 heteroatoms. The van der Waals surface area contributed by atoms with Crippen LogP contribution in [0.4, 0.5) is 10.1 Å². The predicted octanol–water partition coefficient (Wildman–Crippen LogP) is 4.75. The van der Waals surface area contributed by atoms with Crippen LogP contribution in [-0.4, -0.2) is 30.4 Å². The number of amides is 1. The smallest absolute Gasteiger partial charge is 0.229 e. The molecule has 0 unspecified atom stereocenters. The Labute approximate surface area is 204 Å². The molecular weight excluding hydrogens is 479 g/mol. The first-order valence-corrected chi connectivity index (χ1v) is 12.9. The van der Waals surface area contributed by atoms with Crippen molar-refractivity contribution in [3.8, 4) is 5.69 Å². The second-order valence-corrected chi connectivity index (χ2v) is 11.4. The summed E-state index contributed by atoms with van der Waals surface area (Å²) in [5, 5.41) is 8.24. The van der Waals surface area contributed by atoms with E-state index in [2.05, 4.69) is 30.8 Å². The predicted molar refractivity (Wildman–Crippen MR) is 132 cm³/mol. The van der Waals surface area contributed by atoms with E-state index in [4.69, 9.17) is 16.7 Å². The maximum absolute atomic E-state index is 14.4. The molecule has 0 aliphatic carbocycles. The highest BCUT2D eigenvalue weighted by Gasteiger charge is 2.22. The standard InChI is InChI=1S/C24H28ClFN4O3S/c1-15(16-6-11-21(20(26)12-16)29-34(5,32)33)23(31)27-14-19-13-22(24(2,3)4)28-30(19)18-9-7-17(25)8-10-18/h6-13,15,29H,14H2,1-5H3,(H,27,31)/t15-/m0/s1. The Bertz CT molecular complexity index is 1300. The molecule has 34 heavy (non-hydrogen) atoms. The molecule has 0 aliphatic rings. The van der Waals surface area contributed by atoms with Crippen molar-refractivity contribution in [1.29, 1.82) is 0 Å². The van der Waals surface area contributed by atoms with Gasteiger partial charge in [-0.1, -0.05) is 38.4 Å². The van der Waals surface area contributed by atoms with Crippen LogP contribution in [-0.2, 0) is 26.8 Å². The average Bonchev–Trinajstić information content (AvgIpc) is 3.17. The van der Waals surface area contributed by atoms with Gasteiger partial charge in [0.2, 0.25) is 15.9 Å². The normalized spacial score (nSPS) is 12.9. The lowest BCUT2D eigenvalue weighted by molar-refractivity contribution is -0.122. The molecule has 1 heterocycles. The van der Waals surface area contributed by atoms with Crippen LogP contribution in [0.1, 0.15) is 50.6 Å². The number of nitrogens with zero attached hydrogens (tertiary/aromatic N) is 2. The van der Waals surface area contributed by atoms with Crippen LogP contribution in [0, 0.1) is 5.82 Å². The minimum atomic E-state index is -3.61. The number of nitrogens with one attached hydrogen (secondary N) is 2. The molecule has 1 atom stereocenters. The molecule has 3 rings (SSSR count). The summed E-state index contributed by atoms with van der Waals surface area (Å²) in [4.78, 5) is 12.8. The number of sulfonamides is 1. The fourth-order valence-electron chi connectivity index (χ4n) is 3.28. The fraction of sp³-hybridized carbons (Fsp3) is 0.333. The Morgan fingerprint density at radius 2 is 1.79 bits per heavy atom. The third-order valence-corrected chi connectivity index (χ3v) is 6.09. The number of rotatable bonds is 7. The molecule has 0 fully saturated rings. The molecular formula is C24H28ClFN4O3S. The first-order chi connectivity index (χ1) is 15.7. The van der Waals surface area contributed by atoms with Crippen molar-refractivity contribution in [3.05, 3.63) is 76.3 Å². The van der Waals surface area contributed by atoms with E-state index < -0.39 is 21.8 Å². The zero-order chi connectivity index (χ0) is 25.3. The van der Waals surface area contributed by atoms with E-state index in [1.807, 2.05) is 18.2 Å². The highest BCUT2D eigenvalue weighted by molar-refractivity contribution is 7.92. The SMILES string of the molecule is C[C@H](C(=O)NCc1cc(C(C)(C)C)nn1-c1ccc(Cl)cc1)c1ccc(NS(C)(=O)=O)c(F)c1. The van der Waals surface area contributed by atoms with Crippen molar-refractivity contribution >= 4 is 33.2 Å². The zero-order valence-corrected chi connectivity index (χ0v) is 21.3. The van der Waals surface area contributed by atoms with Crippen LogP contribution in [0.2, 0.25) is 5.02 Å². The molecule has 2 aromatic carbocycles. The van der Waals surface area contributed by atoms with Crippen LogP contribution in [0.25, 0.3) is 5.69 Å². The van der Waals surface area contributed by atoms with Crippen molar-refractivity contribution in [2.45, 2.75) is 45.6 Å². The second kappa shape index (κ2) is 9.76. The Kier molecular flexibility index (Phi) is 7.38. The lowest BCUT2D eigenvalue weighted by Gasteiger charge is -2.15. The topological polar surface area (TPSA) is 93.1 Å². The van der Waals surface area contributed by atoms with Crippen molar-refractivity contribution in [2.24, 2.45) is 0 Å². The summed E-state index contributed by atoms with van der Waals surface area (Å²) < 4.78 is 40.9. The lowest BCUT2D eigenvalue weighted by Crippen LogP contribution is -2.28. The lowest BCUT2D eigenvalue weighted by atomic mass is 9.92. The number of hydrogen-bond acceptors (Lipinski definition) is 4. The van der Waals surface area contributed by atoms with E-state index in [-0.39, 0.29) is 23.6 Å². The van der Waals surface area contributed by atoms with Crippen molar-refractivity contribution in [1.82, 2.24) is 15.1 Å². The van der Waals surface area contributed by atoms with Crippen molar-refractivity contribution in [2.75, 3.05) is 11.0 Å². The maximum atomic E-state index is 14.4. The Hall–Kier alpha value is -2.91. The van der Waals surface area contributed by atoms with Gasteiger partial charge in [0.05, 0.1) is 41.5 Å². The van der Waals surface area contributed by atoms with Gasteiger partial charge < -0.3 is 5.32 Å². The van der Waals surface area contributed by atoms with Gasteiger partial charge in [-0.25, -0.2) is 17.5 Å². The molecule has 0 radical (unpaired) electrons. The van der Waals surface area contributed by atoms with E-state index in [9.17, 15) is 17.6 Å². The van der Waals surface area contributed by atoms with Crippen molar-refractivity contribution in [3.63, 3.8) is 0 Å². The molecule has 2 N–H and O–H groups in total. The van der Waals surface area contributed by atoms with Gasteiger partial charge in [-0.15, -0.1) is 0 Å². The Morgan fingerprint density at radius 1 is 1.15 bits per heavy atom. The summed E-state index contributed by atoms with van der Waals surface area (Å²) in [6.45, 7) is 8.05. The molecule has 0 spiro atoms. The van der Waals surface area contributed by atoms with E-state index in [0.29, 0.717) is 10.6 Å². The van der Waals surface area contributed by atoms with Gasteiger partial charge in [0.1, 0.15) is 5.82 Å². The highest BCUT2D eigenvalue weighted by Crippen LogP contribution is 2.25. The van der Waals surface area contributed by atoms with Gasteiger partial charge in [-0.2, -0.15) is 5.10 Å². The third kappa shape index (κ3) is 6.36. The molecule has 3 aromatic rings. The molecule has 0 saturated carbocycles. The molecule has 1 aromatic heterocycles. The average molecular weight is 507 g/mol. The van der Waals surface area contributed by atoms with Gasteiger partial charge in [0, 0.05) is 10.4 Å². The van der Waals surface area contributed by atoms with Crippen molar-refractivity contribution < 1.29 is 17.6 Å². The number of halogens is 2. The third-order valence-electron chi connectivity index (χ3n) is 5.25. The van der Waals surface area contributed by atoms with E-state index in [1.54, 1.807) is 23.7 Å². The van der Waals surface area contributed by atoms with E-state index in [0.717, 1.165) is 29.4 Å². The maximum Gasteiger partial charge on any atom is 0.229 e. The van der Waals surface area contributed by atoms with E-state index in [1.165, 1.54) is 12.1 Å². The molecule has 182 valence electrons. The Morgan fingerprint density at radius 3 is 2.35 bits per heavy atom. The van der Waals surface area contributed by atoms with Crippen LogP contribution >= 0.6 is 11.6 Å². The van der Waals surface area contributed by atoms with Crippen LogP contribution in [0.5, 0.6) is 0 Å². The second-order valence-electron chi connectivity index (χ2n) is 9.21. The summed E-state index contributed by atoms with van der Waals surface area (Å²) in [6.07, 6.45) is 0.941. The van der Waals surface area contributed by atoms with Crippen LogP contribution in [0.15, 0.2) is 48.5 Å². The monoisotopic (exact) mass is 506 g/mol. The number of aromatic nitrogens is 2.